The highest BCUT2D eigenvalue weighted by atomic mass is 79.9. The van der Waals surface area contributed by atoms with Crippen LogP contribution >= 0.6 is 15.9 Å². The van der Waals surface area contributed by atoms with Crippen molar-refractivity contribution in [1.82, 2.24) is 4.57 Å². The first-order chi connectivity index (χ1) is 8.79. The Morgan fingerprint density at radius 1 is 1.06 bits per heavy atom. The van der Waals surface area contributed by atoms with Gasteiger partial charge in [0.25, 0.3) is 0 Å². The molecule has 2 aromatic carbocycles. The Labute approximate surface area is 114 Å². The second-order valence-electron chi connectivity index (χ2n) is 4.06. The molecule has 0 amide bonds. The van der Waals surface area contributed by atoms with Crippen LogP contribution in [0.25, 0.3) is 16.6 Å². The number of methoxy groups -OCH3 is 1. The summed E-state index contributed by atoms with van der Waals surface area (Å²) in [5.41, 5.74) is 2.27. The van der Waals surface area contributed by atoms with E-state index in [2.05, 4.69) is 51.0 Å². The Morgan fingerprint density at radius 3 is 2.67 bits per heavy atom. The number of halogens is 1. The molecule has 0 aliphatic rings. The molecule has 1 heterocycles. The first kappa shape index (κ1) is 11.4. The van der Waals surface area contributed by atoms with E-state index >= 15 is 0 Å². The van der Waals surface area contributed by atoms with Gasteiger partial charge in [0.2, 0.25) is 0 Å². The molecule has 0 saturated heterocycles. The van der Waals surface area contributed by atoms with Gasteiger partial charge in [0.15, 0.2) is 0 Å². The van der Waals surface area contributed by atoms with E-state index in [0.29, 0.717) is 0 Å². The van der Waals surface area contributed by atoms with E-state index in [1.807, 2.05) is 24.3 Å². The molecule has 2 nitrogen and oxygen atoms in total. The van der Waals surface area contributed by atoms with Gasteiger partial charge >= 0.3 is 0 Å². The SMILES string of the molecule is COc1ccc2ccn(-c3ccccc3Br)c2c1. The second kappa shape index (κ2) is 4.50. The average molecular weight is 302 g/mol. The van der Waals surface area contributed by atoms with Crippen LogP contribution in [0.2, 0.25) is 0 Å². The van der Waals surface area contributed by atoms with Gasteiger partial charge in [0, 0.05) is 22.1 Å². The highest BCUT2D eigenvalue weighted by molar-refractivity contribution is 9.10. The fourth-order valence-corrected chi connectivity index (χ4v) is 2.57. The number of hydrogen-bond donors (Lipinski definition) is 0. The fraction of sp³-hybridized carbons (Fsp3) is 0.0667. The smallest absolute Gasteiger partial charge is 0.120 e. The van der Waals surface area contributed by atoms with Crippen LogP contribution in [0.5, 0.6) is 5.75 Å². The molecule has 90 valence electrons. The summed E-state index contributed by atoms with van der Waals surface area (Å²) >= 11 is 3.59. The third-order valence-corrected chi connectivity index (χ3v) is 3.68. The molecular formula is C15H12BrNO. The van der Waals surface area contributed by atoms with Crippen LogP contribution in [0.3, 0.4) is 0 Å². The van der Waals surface area contributed by atoms with Crippen LogP contribution in [0.4, 0.5) is 0 Å². The van der Waals surface area contributed by atoms with Crippen LogP contribution in [0.1, 0.15) is 0 Å². The summed E-state index contributed by atoms with van der Waals surface area (Å²) in [6.07, 6.45) is 2.07. The van der Waals surface area contributed by atoms with Gasteiger partial charge in [0.1, 0.15) is 5.75 Å². The van der Waals surface area contributed by atoms with E-state index in [1.165, 1.54) is 5.39 Å². The maximum Gasteiger partial charge on any atom is 0.120 e. The number of nitrogens with zero attached hydrogens (tertiary/aromatic N) is 1. The van der Waals surface area contributed by atoms with Crippen molar-refractivity contribution in [1.29, 1.82) is 0 Å². The Hall–Kier alpha value is -1.74. The Balaban J connectivity index is 2.26. The topological polar surface area (TPSA) is 14.2 Å². The molecule has 1 aromatic heterocycles. The number of fused-ring (bicyclic) bond motifs is 1. The van der Waals surface area contributed by atoms with Crippen LogP contribution in [0.15, 0.2) is 59.2 Å². The van der Waals surface area contributed by atoms with Crippen molar-refractivity contribution < 1.29 is 4.74 Å². The molecule has 0 unspecified atom stereocenters. The molecule has 0 saturated carbocycles. The van der Waals surface area contributed by atoms with Gasteiger partial charge in [-0.15, -0.1) is 0 Å². The highest BCUT2D eigenvalue weighted by Crippen LogP contribution is 2.28. The molecule has 18 heavy (non-hydrogen) atoms. The van der Waals surface area contributed by atoms with Gasteiger partial charge in [-0.2, -0.15) is 0 Å². The predicted octanol–water partition coefficient (Wildman–Crippen LogP) is 4.40. The molecule has 0 atom stereocenters. The number of rotatable bonds is 2. The van der Waals surface area contributed by atoms with E-state index < -0.39 is 0 Å². The summed E-state index contributed by atoms with van der Waals surface area (Å²) in [5.74, 6) is 0.870. The fourth-order valence-electron chi connectivity index (χ4n) is 2.09. The quantitative estimate of drug-likeness (QED) is 0.684. The standard InChI is InChI=1S/C15H12BrNO/c1-18-12-7-6-11-8-9-17(15(11)10-12)14-5-3-2-4-13(14)16/h2-10H,1H3. The molecule has 3 heteroatoms. The second-order valence-corrected chi connectivity index (χ2v) is 4.92. The maximum atomic E-state index is 5.29. The monoisotopic (exact) mass is 301 g/mol. The van der Waals surface area contributed by atoms with Crippen molar-refractivity contribution in [3.05, 3.63) is 59.2 Å². The minimum absolute atomic E-state index is 0.870. The maximum absolute atomic E-state index is 5.29. The first-order valence-corrected chi connectivity index (χ1v) is 6.49. The molecule has 0 bridgehead atoms. The lowest BCUT2D eigenvalue weighted by molar-refractivity contribution is 0.415. The summed E-state index contributed by atoms with van der Waals surface area (Å²) in [5, 5.41) is 1.20. The zero-order chi connectivity index (χ0) is 12.5. The van der Waals surface area contributed by atoms with E-state index in [4.69, 9.17) is 4.74 Å². The molecule has 0 fully saturated rings. The van der Waals surface area contributed by atoms with E-state index in [1.54, 1.807) is 7.11 Å². The molecule has 0 N–H and O–H groups in total. The number of benzene rings is 2. The van der Waals surface area contributed by atoms with Crippen molar-refractivity contribution in [2.24, 2.45) is 0 Å². The summed E-state index contributed by atoms with van der Waals surface area (Å²) in [6.45, 7) is 0. The third kappa shape index (κ3) is 1.81. The number of ether oxygens (including phenoxy) is 1. The zero-order valence-corrected chi connectivity index (χ0v) is 11.5. The normalized spacial score (nSPS) is 10.8. The summed E-state index contributed by atoms with van der Waals surface area (Å²) in [4.78, 5) is 0. The molecule has 0 aliphatic carbocycles. The predicted molar refractivity (Wildman–Crippen MR) is 77.5 cm³/mol. The van der Waals surface area contributed by atoms with Crippen LogP contribution < -0.4 is 4.74 Å². The van der Waals surface area contributed by atoms with Crippen molar-refractivity contribution in [3.63, 3.8) is 0 Å². The molecule has 3 rings (SSSR count). The number of aromatic nitrogens is 1. The number of para-hydroxylation sites is 1. The third-order valence-electron chi connectivity index (χ3n) is 3.01. The highest BCUT2D eigenvalue weighted by Gasteiger charge is 2.06. The van der Waals surface area contributed by atoms with Gasteiger partial charge in [0.05, 0.1) is 18.3 Å². The van der Waals surface area contributed by atoms with Crippen LogP contribution in [-0.2, 0) is 0 Å². The summed E-state index contributed by atoms with van der Waals surface area (Å²) in [7, 11) is 1.69. The van der Waals surface area contributed by atoms with Gasteiger partial charge in [-0.05, 0) is 46.3 Å². The van der Waals surface area contributed by atoms with Gasteiger partial charge in [-0.25, -0.2) is 0 Å². The Kier molecular flexibility index (Phi) is 2.84. The largest absolute Gasteiger partial charge is 0.497 e. The van der Waals surface area contributed by atoms with Crippen molar-refractivity contribution in [3.8, 4) is 11.4 Å². The molecule has 0 radical (unpaired) electrons. The van der Waals surface area contributed by atoms with Crippen molar-refractivity contribution in [2.45, 2.75) is 0 Å². The average Bonchev–Trinajstić information content (AvgIpc) is 2.82. The minimum Gasteiger partial charge on any atom is -0.497 e. The minimum atomic E-state index is 0.870. The van der Waals surface area contributed by atoms with E-state index in [9.17, 15) is 0 Å². The van der Waals surface area contributed by atoms with E-state index in [0.717, 1.165) is 21.4 Å². The molecule has 0 aliphatic heterocycles. The molecular weight excluding hydrogens is 290 g/mol. The van der Waals surface area contributed by atoms with E-state index in [-0.39, 0.29) is 0 Å². The van der Waals surface area contributed by atoms with Crippen molar-refractivity contribution in [2.75, 3.05) is 7.11 Å². The lowest BCUT2D eigenvalue weighted by atomic mass is 10.2. The molecule has 3 aromatic rings. The van der Waals surface area contributed by atoms with Crippen LogP contribution in [-0.4, -0.2) is 11.7 Å². The summed E-state index contributed by atoms with van der Waals surface area (Å²) in [6, 6.07) is 16.4. The Morgan fingerprint density at radius 2 is 1.89 bits per heavy atom. The molecule has 0 spiro atoms. The first-order valence-electron chi connectivity index (χ1n) is 5.69. The van der Waals surface area contributed by atoms with Gasteiger partial charge < -0.3 is 9.30 Å². The Bertz CT molecular complexity index is 703. The van der Waals surface area contributed by atoms with Gasteiger partial charge in [-0.1, -0.05) is 12.1 Å². The van der Waals surface area contributed by atoms with Crippen molar-refractivity contribution >= 4 is 26.8 Å². The van der Waals surface area contributed by atoms with Crippen LogP contribution in [0, 0.1) is 0 Å². The lowest BCUT2D eigenvalue weighted by Gasteiger charge is -2.08. The van der Waals surface area contributed by atoms with Gasteiger partial charge in [-0.3, -0.25) is 0 Å². The summed E-state index contributed by atoms with van der Waals surface area (Å²) < 4.78 is 8.52. The lowest BCUT2D eigenvalue weighted by Crippen LogP contribution is -1.93. The zero-order valence-electron chi connectivity index (χ0n) is 9.93. The number of hydrogen-bond acceptors (Lipinski definition) is 1.